The first-order valence-electron chi connectivity index (χ1n) is 9.67. The van der Waals surface area contributed by atoms with Crippen LogP contribution < -0.4 is 10.9 Å². The Morgan fingerprint density at radius 3 is 2.93 bits per heavy atom. The van der Waals surface area contributed by atoms with Crippen molar-refractivity contribution in [3.63, 3.8) is 0 Å². The van der Waals surface area contributed by atoms with Gasteiger partial charge < -0.3 is 9.88 Å². The number of piperidine rings is 1. The summed E-state index contributed by atoms with van der Waals surface area (Å²) < 4.78 is 3.54. The monoisotopic (exact) mass is 379 g/mol. The molecule has 1 saturated heterocycles. The third-order valence-electron chi connectivity index (χ3n) is 5.56. The summed E-state index contributed by atoms with van der Waals surface area (Å²) in [6.07, 6.45) is 5.03. The smallest absolute Gasteiger partial charge is 0.267 e. The van der Waals surface area contributed by atoms with Crippen LogP contribution in [0.15, 0.2) is 47.4 Å². The van der Waals surface area contributed by atoms with Gasteiger partial charge in [-0.05, 0) is 43.7 Å². The van der Waals surface area contributed by atoms with Crippen LogP contribution in [0, 0.1) is 0 Å². The number of hydrogen-bond acceptors (Lipinski definition) is 4. The van der Waals surface area contributed by atoms with Crippen LogP contribution in [0.25, 0.3) is 5.65 Å². The fraction of sp³-hybridized carbons (Fsp3) is 0.381. The van der Waals surface area contributed by atoms with Crippen molar-refractivity contribution in [1.29, 1.82) is 0 Å². The van der Waals surface area contributed by atoms with Crippen LogP contribution in [0.1, 0.15) is 47.2 Å². The van der Waals surface area contributed by atoms with Gasteiger partial charge in [-0.3, -0.25) is 18.9 Å². The average Bonchev–Trinajstić information content (AvgIpc) is 3.09. The molecule has 0 spiro atoms. The van der Waals surface area contributed by atoms with Gasteiger partial charge in [0.1, 0.15) is 11.3 Å². The van der Waals surface area contributed by atoms with Crippen molar-refractivity contribution >= 4 is 11.6 Å². The van der Waals surface area contributed by atoms with E-state index in [1.807, 2.05) is 41.9 Å². The third kappa shape index (κ3) is 3.33. The van der Waals surface area contributed by atoms with E-state index >= 15 is 0 Å². The molecule has 3 aromatic heterocycles. The Morgan fingerprint density at radius 2 is 2.11 bits per heavy atom. The van der Waals surface area contributed by atoms with Crippen molar-refractivity contribution in [2.24, 2.45) is 7.05 Å². The first-order valence-corrected chi connectivity index (χ1v) is 9.67. The molecule has 1 N–H and O–H groups in total. The molecule has 7 nitrogen and oxygen atoms in total. The number of amides is 1. The quantitative estimate of drug-likeness (QED) is 0.754. The Kier molecular flexibility index (Phi) is 5.00. The molecule has 1 atom stereocenters. The van der Waals surface area contributed by atoms with E-state index < -0.39 is 0 Å². The van der Waals surface area contributed by atoms with Crippen LogP contribution in [0.2, 0.25) is 0 Å². The molecule has 7 heteroatoms. The summed E-state index contributed by atoms with van der Waals surface area (Å²) in [5.74, 6) is -0.0830. The highest BCUT2D eigenvalue weighted by atomic mass is 16.2. The standard InChI is InChI=1S/C21H25N5O2/c1-22-21(28)18-10-9-16(24(18)2)17-7-3-5-11-25(17)14-15-13-20(27)26-12-6-4-8-19(26)23-15/h4,6,8-10,12-13,17H,3,5,7,11,14H2,1-2H3,(H,22,28)/t17-/m0/s1. The van der Waals surface area contributed by atoms with Gasteiger partial charge in [0.25, 0.3) is 11.5 Å². The maximum absolute atomic E-state index is 12.4. The number of pyridine rings is 1. The van der Waals surface area contributed by atoms with Gasteiger partial charge in [0.15, 0.2) is 0 Å². The zero-order valence-electron chi connectivity index (χ0n) is 16.3. The molecule has 28 heavy (non-hydrogen) atoms. The summed E-state index contributed by atoms with van der Waals surface area (Å²) >= 11 is 0. The maximum atomic E-state index is 12.4. The summed E-state index contributed by atoms with van der Waals surface area (Å²) in [5, 5.41) is 2.69. The number of carbonyl (C=O) groups excluding carboxylic acids is 1. The second-order valence-corrected chi connectivity index (χ2v) is 7.28. The lowest BCUT2D eigenvalue weighted by molar-refractivity contribution is 0.0952. The second-order valence-electron chi connectivity index (χ2n) is 7.28. The predicted octanol–water partition coefficient (Wildman–Crippen LogP) is 2.12. The average molecular weight is 379 g/mol. The number of hydrogen-bond donors (Lipinski definition) is 1. The van der Waals surface area contributed by atoms with Gasteiger partial charge in [0, 0.05) is 38.6 Å². The lowest BCUT2D eigenvalue weighted by Crippen LogP contribution is -2.35. The van der Waals surface area contributed by atoms with E-state index in [1.165, 1.54) is 0 Å². The molecule has 0 radical (unpaired) electrons. The number of rotatable bonds is 4. The van der Waals surface area contributed by atoms with Crippen molar-refractivity contribution in [2.45, 2.75) is 31.8 Å². The van der Waals surface area contributed by atoms with Crippen LogP contribution in [-0.4, -0.2) is 38.4 Å². The van der Waals surface area contributed by atoms with Crippen molar-refractivity contribution in [1.82, 2.24) is 24.2 Å². The molecule has 1 fully saturated rings. The minimum Gasteiger partial charge on any atom is -0.354 e. The fourth-order valence-electron chi connectivity index (χ4n) is 4.12. The highest BCUT2D eigenvalue weighted by Gasteiger charge is 2.27. The molecule has 1 amide bonds. The van der Waals surface area contributed by atoms with E-state index in [9.17, 15) is 9.59 Å². The van der Waals surface area contributed by atoms with Gasteiger partial charge in [0.05, 0.1) is 11.7 Å². The van der Waals surface area contributed by atoms with E-state index in [4.69, 9.17) is 0 Å². The topological polar surface area (TPSA) is 71.6 Å². The minimum atomic E-state index is -0.0830. The molecule has 1 aliphatic rings. The molecule has 146 valence electrons. The lowest BCUT2D eigenvalue weighted by atomic mass is 9.99. The molecule has 0 aromatic carbocycles. The largest absolute Gasteiger partial charge is 0.354 e. The first-order chi connectivity index (χ1) is 13.6. The minimum absolute atomic E-state index is 0.0603. The summed E-state index contributed by atoms with van der Waals surface area (Å²) in [6.45, 7) is 1.56. The molecular formula is C21H25N5O2. The van der Waals surface area contributed by atoms with Crippen LogP contribution in [0.5, 0.6) is 0 Å². The van der Waals surface area contributed by atoms with E-state index in [0.717, 1.165) is 37.2 Å². The predicted molar refractivity (Wildman–Crippen MR) is 107 cm³/mol. The van der Waals surface area contributed by atoms with E-state index in [1.54, 1.807) is 23.7 Å². The normalized spacial score (nSPS) is 17.7. The van der Waals surface area contributed by atoms with E-state index in [0.29, 0.717) is 17.9 Å². The Balaban J connectivity index is 1.64. The zero-order valence-corrected chi connectivity index (χ0v) is 16.3. The summed E-state index contributed by atoms with van der Waals surface area (Å²) in [4.78, 5) is 31.5. The Bertz CT molecular complexity index is 1070. The number of nitrogens with zero attached hydrogens (tertiary/aromatic N) is 4. The summed E-state index contributed by atoms with van der Waals surface area (Å²) in [6, 6.07) is 11.3. The van der Waals surface area contributed by atoms with Crippen molar-refractivity contribution in [3.05, 3.63) is 70.0 Å². The van der Waals surface area contributed by atoms with Gasteiger partial charge in [-0.15, -0.1) is 0 Å². The molecule has 4 heterocycles. The molecule has 0 saturated carbocycles. The molecule has 0 bridgehead atoms. The Hall–Kier alpha value is -2.93. The number of carbonyl (C=O) groups is 1. The fourth-order valence-corrected chi connectivity index (χ4v) is 4.12. The second kappa shape index (κ2) is 7.59. The van der Waals surface area contributed by atoms with Crippen LogP contribution in [0.3, 0.4) is 0 Å². The van der Waals surface area contributed by atoms with Gasteiger partial charge >= 0.3 is 0 Å². The molecule has 0 aliphatic carbocycles. The van der Waals surface area contributed by atoms with Crippen molar-refractivity contribution in [2.75, 3.05) is 13.6 Å². The van der Waals surface area contributed by atoms with Crippen LogP contribution in [0.4, 0.5) is 0 Å². The zero-order chi connectivity index (χ0) is 19.7. The number of likely N-dealkylation sites (tertiary alicyclic amines) is 1. The van der Waals surface area contributed by atoms with Crippen LogP contribution in [-0.2, 0) is 13.6 Å². The van der Waals surface area contributed by atoms with E-state index in [2.05, 4.69) is 15.2 Å². The molecule has 1 aliphatic heterocycles. The van der Waals surface area contributed by atoms with Gasteiger partial charge in [-0.1, -0.05) is 12.5 Å². The van der Waals surface area contributed by atoms with Gasteiger partial charge in [-0.25, -0.2) is 4.98 Å². The van der Waals surface area contributed by atoms with Crippen molar-refractivity contribution < 1.29 is 4.79 Å². The van der Waals surface area contributed by atoms with Gasteiger partial charge in [-0.2, -0.15) is 0 Å². The molecule has 3 aromatic rings. The Labute approximate surface area is 163 Å². The number of nitrogens with one attached hydrogen (secondary N) is 1. The lowest BCUT2D eigenvalue weighted by Gasteiger charge is -2.36. The SMILES string of the molecule is CNC(=O)c1ccc([C@@H]2CCCCN2Cc2cc(=O)n3ccccc3n2)n1C. The first kappa shape index (κ1) is 18.4. The third-order valence-corrected chi connectivity index (χ3v) is 5.56. The number of fused-ring (bicyclic) bond motifs is 1. The van der Waals surface area contributed by atoms with E-state index in [-0.39, 0.29) is 17.5 Å². The maximum Gasteiger partial charge on any atom is 0.267 e. The summed E-state index contributed by atoms with van der Waals surface area (Å²) in [5.41, 5.74) is 3.17. The molecule has 4 rings (SSSR count). The van der Waals surface area contributed by atoms with Crippen LogP contribution >= 0.6 is 0 Å². The molecular weight excluding hydrogens is 354 g/mol. The summed E-state index contributed by atoms with van der Waals surface area (Å²) in [7, 11) is 3.58. The number of aromatic nitrogens is 3. The Morgan fingerprint density at radius 1 is 1.25 bits per heavy atom. The molecule has 0 unspecified atom stereocenters. The van der Waals surface area contributed by atoms with Crippen molar-refractivity contribution in [3.8, 4) is 0 Å². The highest BCUT2D eigenvalue weighted by Crippen LogP contribution is 2.32. The highest BCUT2D eigenvalue weighted by molar-refractivity contribution is 5.92. The van der Waals surface area contributed by atoms with Gasteiger partial charge in [0.2, 0.25) is 0 Å².